The average molecular weight is 380 g/mol. The molecular weight excluding hydrogens is 356 g/mol. The van der Waals surface area contributed by atoms with E-state index >= 15 is 0 Å². The first-order chi connectivity index (χ1) is 13.7. The molecule has 8 nitrogen and oxygen atoms in total. The van der Waals surface area contributed by atoms with Crippen molar-refractivity contribution in [1.82, 2.24) is 24.1 Å². The Bertz CT molecular complexity index is 1020. The standard InChI is InChI=1S/C20H24N6O2/c1-2-23(14-16-8-4-3-5-9-16)18(27)15-26-20(28)25-13-10-17(21-19(25)22-26)24-11-6-7-12-24/h3-5,8-10,13H,2,6-7,11-12,14-15H2,1H3. The minimum absolute atomic E-state index is 0.0953. The minimum atomic E-state index is -0.348. The number of carbonyl (C=O) groups is 1. The Morgan fingerprint density at radius 3 is 2.61 bits per heavy atom. The van der Waals surface area contributed by atoms with Gasteiger partial charge in [-0.2, -0.15) is 4.98 Å². The second-order valence-corrected chi connectivity index (χ2v) is 6.98. The zero-order chi connectivity index (χ0) is 19.5. The third-order valence-corrected chi connectivity index (χ3v) is 5.11. The van der Waals surface area contributed by atoms with Gasteiger partial charge in [0.15, 0.2) is 0 Å². The predicted molar refractivity (Wildman–Crippen MR) is 106 cm³/mol. The molecule has 0 radical (unpaired) electrons. The number of likely N-dealkylation sites (N-methyl/N-ethyl adjacent to an activating group) is 1. The third-order valence-electron chi connectivity index (χ3n) is 5.11. The highest BCUT2D eigenvalue weighted by Gasteiger charge is 2.19. The second kappa shape index (κ2) is 7.84. The Kier molecular flexibility index (Phi) is 5.10. The summed E-state index contributed by atoms with van der Waals surface area (Å²) in [6.07, 6.45) is 3.99. The predicted octanol–water partition coefficient (Wildman–Crippen LogP) is 1.54. The lowest BCUT2D eigenvalue weighted by molar-refractivity contribution is -0.132. The number of fused-ring (bicyclic) bond motifs is 1. The van der Waals surface area contributed by atoms with Crippen LogP contribution in [0.15, 0.2) is 47.4 Å². The van der Waals surface area contributed by atoms with E-state index in [0.29, 0.717) is 18.9 Å². The summed E-state index contributed by atoms with van der Waals surface area (Å²) in [4.78, 5) is 33.8. The molecule has 1 saturated heterocycles. The van der Waals surface area contributed by atoms with E-state index in [9.17, 15) is 9.59 Å². The van der Waals surface area contributed by atoms with Crippen molar-refractivity contribution in [3.05, 3.63) is 58.6 Å². The van der Waals surface area contributed by atoms with Gasteiger partial charge in [-0.1, -0.05) is 30.3 Å². The molecule has 3 heterocycles. The highest BCUT2D eigenvalue weighted by Crippen LogP contribution is 2.17. The summed E-state index contributed by atoms with van der Waals surface area (Å²) < 4.78 is 2.59. The van der Waals surface area contributed by atoms with Crippen LogP contribution in [0.4, 0.5) is 5.82 Å². The molecule has 0 N–H and O–H groups in total. The highest BCUT2D eigenvalue weighted by molar-refractivity contribution is 5.75. The van der Waals surface area contributed by atoms with Crippen LogP contribution in [0.5, 0.6) is 0 Å². The van der Waals surface area contributed by atoms with Crippen molar-refractivity contribution in [3.8, 4) is 0 Å². The van der Waals surface area contributed by atoms with Gasteiger partial charge in [0.2, 0.25) is 5.91 Å². The van der Waals surface area contributed by atoms with E-state index < -0.39 is 0 Å². The van der Waals surface area contributed by atoms with Crippen molar-refractivity contribution in [1.29, 1.82) is 0 Å². The third kappa shape index (κ3) is 3.62. The van der Waals surface area contributed by atoms with E-state index in [-0.39, 0.29) is 18.1 Å². The molecule has 1 aliphatic heterocycles. The topological polar surface area (TPSA) is 75.7 Å². The summed E-state index contributed by atoms with van der Waals surface area (Å²) in [5.41, 5.74) is 0.705. The molecule has 1 aromatic carbocycles. The van der Waals surface area contributed by atoms with Crippen LogP contribution in [-0.2, 0) is 17.9 Å². The first kappa shape index (κ1) is 18.2. The molecule has 0 spiro atoms. The molecule has 2 aromatic heterocycles. The molecule has 1 aliphatic rings. The van der Waals surface area contributed by atoms with Gasteiger partial charge in [-0.15, -0.1) is 5.10 Å². The minimum Gasteiger partial charge on any atom is -0.356 e. The number of rotatable bonds is 6. The van der Waals surface area contributed by atoms with Crippen molar-refractivity contribution in [2.45, 2.75) is 32.9 Å². The maximum Gasteiger partial charge on any atom is 0.352 e. The van der Waals surface area contributed by atoms with E-state index in [1.165, 1.54) is 9.08 Å². The Balaban J connectivity index is 1.53. The molecule has 1 fully saturated rings. The van der Waals surface area contributed by atoms with Crippen LogP contribution in [0, 0.1) is 0 Å². The van der Waals surface area contributed by atoms with Gasteiger partial charge in [-0.25, -0.2) is 13.9 Å². The number of hydrogen-bond acceptors (Lipinski definition) is 5. The van der Waals surface area contributed by atoms with Gasteiger partial charge in [0.1, 0.15) is 12.4 Å². The SMILES string of the molecule is CCN(Cc1ccccc1)C(=O)Cn1nc2nc(N3CCCC3)ccn2c1=O. The fraction of sp³-hybridized carbons (Fsp3) is 0.400. The molecule has 1 amide bonds. The zero-order valence-corrected chi connectivity index (χ0v) is 16.0. The number of anilines is 1. The fourth-order valence-corrected chi connectivity index (χ4v) is 3.53. The lowest BCUT2D eigenvalue weighted by Gasteiger charge is -2.20. The Hall–Kier alpha value is -3.16. The molecule has 0 unspecified atom stereocenters. The van der Waals surface area contributed by atoms with Crippen LogP contribution in [0.3, 0.4) is 0 Å². The van der Waals surface area contributed by atoms with Gasteiger partial charge < -0.3 is 9.80 Å². The maximum atomic E-state index is 12.7. The van der Waals surface area contributed by atoms with Crippen molar-refractivity contribution in [3.63, 3.8) is 0 Å². The Labute approximate surface area is 163 Å². The number of carbonyl (C=O) groups excluding carboxylic acids is 1. The van der Waals surface area contributed by atoms with Crippen LogP contribution in [0.1, 0.15) is 25.3 Å². The fourth-order valence-electron chi connectivity index (χ4n) is 3.53. The summed E-state index contributed by atoms with van der Waals surface area (Å²) in [5.74, 6) is 1.01. The smallest absolute Gasteiger partial charge is 0.352 e. The summed E-state index contributed by atoms with van der Waals surface area (Å²) in [6.45, 7) is 4.84. The van der Waals surface area contributed by atoms with E-state index in [1.54, 1.807) is 11.1 Å². The summed E-state index contributed by atoms with van der Waals surface area (Å²) in [5, 5.41) is 4.29. The monoisotopic (exact) mass is 380 g/mol. The molecule has 4 rings (SSSR count). The van der Waals surface area contributed by atoms with Gasteiger partial charge in [-0.05, 0) is 31.4 Å². The average Bonchev–Trinajstić information content (AvgIpc) is 3.35. The highest BCUT2D eigenvalue weighted by atomic mass is 16.2. The van der Waals surface area contributed by atoms with Crippen molar-refractivity contribution in [2.24, 2.45) is 0 Å². The second-order valence-electron chi connectivity index (χ2n) is 6.98. The van der Waals surface area contributed by atoms with Gasteiger partial charge in [0, 0.05) is 32.4 Å². The normalized spacial score (nSPS) is 14.0. The summed E-state index contributed by atoms with van der Waals surface area (Å²) >= 11 is 0. The zero-order valence-electron chi connectivity index (χ0n) is 16.0. The number of aromatic nitrogens is 4. The first-order valence-corrected chi connectivity index (χ1v) is 9.68. The molecule has 0 aliphatic carbocycles. The van der Waals surface area contributed by atoms with Gasteiger partial charge in [0.25, 0.3) is 5.78 Å². The number of nitrogens with zero attached hydrogens (tertiary/aromatic N) is 6. The molecule has 28 heavy (non-hydrogen) atoms. The van der Waals surface area contributed by atoms with Crippen molar-refractivity contribution >= 4 is 17.5 Å². The largest absolute Gasteiger partial charge is 0.356 e. The van der Waals surface area contributed by atoms with Crippen LogP contribution < -0.4 is 10.6 Å². The van der Waals surface area contributed by atoms with Gasteiger partial charge >= 0.3 is 5.69 Å². The molecule has 146 valence electrons. The summed E-state index contributed by atoms with van der Waals surface area (Å²) in [7, 11) is 0. The Morgan fingerprint density at radius 1 is 1.14 bits per heavy atom. The molecule has 0 bridgehead atoms. The number of benzene rings is 1. The molecule has 0 atom stereocenters. The van der Waals surface area contributed by atoms with Crippen LogP contribution in [0.2, 0.25) is 0 Å². The lowest BCUT2D eigenvalue weighted by Crippen LogP contribution is -2.36. The van der Waals surface area contributed by atoms with Gasteiger partial charge in [-0.3, -0.25) is 4.79 Å². The van der Waals surface area contributed by atoms with Crippen LogP contribution in [-0.4, -0.2) is 49.6 Å². The molecular formula is C20H24N6O2. The van der Waals surface area contributed by atoms with Crippen LogP contribution >= 0.6 is 0 Å². The first-order valence-electron chi connectivity index (χ1n) is 9.68. The van der Waals surface area contributed by atoms with E-state index in [4.69, 9.17) is 0 Å². The molecule has 0 saturated carbocycles. The van der Waals surface area contributed by atoms with Gasteiger partial charge in [0.05, 0.1) is 0 Å². The maximum absolute atomic E-state index is 12.7. The van der Waals surface area contributed by atoms with E-state index in [0.717, 1.165) is 37.3 Å². The van der Waals surface area contributed by atoms with Crippen molar-refractivity contribution in [2.75, 3.05) is 24.5 Å². The summed E-state index contributed by atoms with van der Waals surface area (Å²) in [6, 6.07) is 11.6. The van der Waals surface area contributed by atoms with E-state index in [2.05, 4.69) is 15.0 Å². The number of amides is 1. The molecule has 3 aromatic rings. The van der Waals surface area contributed by atoms with Crippen LogP contribution in [0.25, 0.3) is 5.78 Å². The molecule has 8 heteroatoms. The van der Waals surface area contributed by atoms with Crippen molar-refractivity contribution < 1.29 is 4.79 Å². The van der Waals surface area contributed by atoms with E-state index in [1.807, 2.05) is 43.3 Å². The quantitative estimate of drug-likeness (QED) is 0.648. The lowest BCUT2D eigenvalue weighted by atomic mass is 10.2. The number of hydrogen-bond donors (Lipinski definition) is 0. The Morgan fingerprint density at radius 2 is 1.89 bits per heavy atom.